The molecule has 3 aromatic rings. The number of hydrogen-bond donors (Lipinski definition) is 0. The molecule has 0 saturated carbocycles. The second-order valence-electron chi connectivity index (χ2n) is 6.42. The third kappa shape index (κ3) is 3.06. The number of aromatic nitrogens is 1. The molecule has 1 amide bonds. The van der Waals surface area contributed by atoms with Crippen molar-refractivity contribution in [3.63, 3.8) is 0 Å². The quantitative estimate of drug-likeness (QED) is 0.710. The van der Waals surface area contributed by atoms with Crippen LogP contribution in [0.25, 0.3) is 10.2 Å². The summed E-state index contributed by atoms with van der Waals surface area (Å²) in [6.45, 7) is 1.70. The summed E-state index contributed by atoms with van der Waals surface area (Å²) in [5, 5.41) is 1.95. The van der Waals surface area contributed by atoms with Gasteiger partial charge in [-0.1, -0.05) is 30.3 Å². The van der Waals surface area contributed by atoms with Gasteiger partial charge >= 0.3 is 0 Å². The first kappa shape index (κ1) is 15.3. The van der Waals surface area contributed by atoms with Gasteiger partial charge in [0.1, 0.15) is 0 Å². The van der Waals surface area contributed by atoms with E-state index in [4.69, 9.17) is 0 Å². The lowest BCUT2D eigenvalue weighted by Gasteiger charge is -2.32. The first-order chi connectivity index (χ1) is 11.8. The molecule has 3 nitrogen and oxygen atoms in total. The van der Waals surface area contributed by atoms with Crippen molar-refractivity contribution in [2.24, 2.45) is 5.92 Å². The zero-order valence-electron chi connectivity index (χ0n) is 13.5. The lowest BCUT2D eigenvalue weighted by molar-refractivity contribution is 0.0693. The van der Waals surface area contributed by atoms with Gasteiger partial charge in [-0.15, -0.1) is 11.3 Å². The van der Waals surface area contributed by atoms with Crippen LogP contribution in [0.15, 0.2) is 54.0 Å². The second kappa shape index (κ2) is 6.73. The number of piperidine rings is 1. The van der Waals surface area contributed by atoms with E-state index >= 15 is 0 Å². The Balaban J connectivity index is 1.41. The van der Waals surface area contributed by atoms with Crippen molar-refractivity contribution in [2.45, 2.75) is 19.3 Å². The van der Waals surface area contributed by atoms with Crippen molar-refractivity contribution in [3.05, 3.63) is 65.2 Å². The molecule has 0 spiro atoms. The van der Waals surface area contributed by atoms with Gasteiger partial charge in [-0.05, 0) is 42.9 Å². The summed E-state index contributed by atoms with van der Waals surface area (Å²) in [5.74, 6) is 0.812. The van der Waals surface area contributed by atoms with Crippen LogP contribution in [0.3, 0.4) is 0 Å². The summed E-state index contributed by atoms with van der Waals surface area (Å²) in [6, 6.07) is 14.6. The molecule has 2 aromatic heterocycles. The van der Waals surface area contributed by atoms with Crippen LogP contribution >= 0.6 is 11.3 Å². The maximum Gasteiger partial charge on any atom is 0.256 e. The average Bonchev–Trinajstić information content (AvgIpc) is 3.07. The Hall–Kier alpha value is -2.20. The Morgan fingerprint density at radius 2 is 1.92 bits per heavy atom. The van der Waals surface area contributed by atoms with Gasteiger partial charge in [0.15, 0.2) is 0 Å². The van der Waals surface area contributed by atoms with Crippen molar-refractivity contribution in [1.82, 2.24) is 9.88 Å². The highest BCUT2D eigenvalue weighted by Gasteiger charge is 2.25. The molecule has 0 atom stereocenters. The molecule has 0 N–H and O–H groups in total. The van der Waals surface area contributed by atoms with E-state index in [1.807, 2.05) is 22.4 Å². The first-order valence-corrected chi connectivity index (χ1v) is 9.34. The van der Waals surface area contributed by atoms with Gasteiger partial charge in [-0.2, -0.15) is 0 Å². The molecule has 24 heavy (non-hydrogen) atoms. The van der Waals surface area contributed by atoms with E-state index in [-0.39, 0.29) is 5.91 Å². The Bertz CT molecular complexity index is 835. The minimum atomic E-state index is 0.137. The molecule has 1 aliphatic heterocycles. The molecule has 0 unspecified atom stereocenters. The zero-order valence-corrected chi connectivity index (χ0v) is 14.3. The number of amides is 1. The first-order valence-electron chi connectivity index (χ1n) is 8.46. The van der Waals surface area contributed by atoms with Gasteiger partial charge in [0.05, 0.1) is 15.8 Å². The number of rotatable bonds is 3. The van der Waals surface area contributed by atoms with E-state index in [0.29, 0.717) is 5.92 Å². The van der Waals surface area contributed by atoms with Crippen molar-refractivity contribution in [3.8, 4) is 0 Å². The molecule has 4 heteroatoms. The molecule has 0 radical (unpaired) electrons. The fourth-order valence-corrected chi connectivity index (χ4v) is 4.36. The second-order valence-corrected chi connectivity index (χ2v) is 7.34. The minimum absolute atomic E-state index is 0.137. The van der Waals surface area contributed by atoms with Crippen LogP contribution in [0.4, 0.5) is 0 Å². The molecule has 1 aromatic carbocycles. The average molecular weight is 336 g/mol. The Kier molecular flexibility index (Phi) is 4.30. The smallest absolute Gasteiger partial charge is 0.256 e. The van der Waals surface area contributed by atoms with Crippen molar-refractivity contribution in [1.29, 1.82) is 0 Å². The van der Waals surface area contributed by atoms with Crippen LogP contribution in [0.2, 0.25) is 0 Å². The number of thiophene rings is 1. The monoisotopic (exact) mass is 336 g/mol. The molecule has 122 valence electrons. The number of hydrogen-bond acceptors (Lipinski definition) is 3. The number of carbonyl (C=O) groups is 1. The maximum absolute atomic E-state index is 12.8. The molecular weight excluding hydrogens is 316 g/mol. The molecule has 0 bridgehead atoms. The topological polar surface area (TPSA) is 33.2 Å². The van der Waals surface area contributed by atoms with Gasteiger partial charge in [-0.25, -0.2) is 0 Å². The van der Waals surface area contributed by atoms with Crippen molar-refractivity contribution >= 4 is 27.5 Å². The van der Waals surface area contributed by atoms with Gasteiger partial charge < -0.3 is 4.90 Å². The van der Waals surface area contributed by atoms with Crippen LogP contribution in [-0.4, -0.2) is 28.9 Å². The molecule has 0 aliphatic carbocycles. The van der Waals surface area contributed by atoms with Crippen LogP contribution in [-0.2, 0) is 6.42 Å². The number of fused-ring (bicyclic) bond motifs is 1. The highest BCUT2D eigenvalue weighted by Crippen LogP contribution is 2.27. The van der Waals surface area contributed by atoms with Gasteiger partial charge in [-0.3, -0.25) is 9.78 Å². The Labute approximate surface area is 146 Å². The summed E-state index contributed by atoms with van der Waals surface area (Å²) in [4.78, 5) is 19.2. The van der Waals surface area contributed by atoms with Gasteiger partial charge in [0.2, 0.25) is 0 Å². The molecule has 1 aliphatic rings. The predicted octanol–water partition coefficient (Wildman–Crippen LogP) is 4.39. The lowest BCUT2D eigenvalue weighted by Crippen LogP contribution is -2.38. The Morgan fingerprint density at radius 3 is 2.71 bits per heavy atom. The molecule has 1 fully saturated rings. The number of nitrogens with zero attached hydrogens (tertiary/aromatic N) is 2. The number of benzene rings is 1. The third-order valence-corrected chi connectivity index (χ3v) is 5.77. The lowest BCUT2D eigenvalue weighted by atomic mass is 9.90. The van der Waals surface area contributed by atoms with Gasteiger partial charge in [0, 0.05) is 24.7 Å². The van der Waals surface area contributed by atoms with Gasteiger partial charge in [0.25, 0.3) is 5.91 Å². The molecule has 1 saturated heterocycles. The van der Waals surface area contributed by atoms with Crippen LogP contribution in [0.1, 0.15) is 28.8 Å². The standard InChI is InChI=1S/C20H20N2OS/c23-20(17-14-24-18-7-4-10-21-19(17)18)22-11-8-16(9-12-22)13-15-5-2-1-3-6-15/h1-7,10,14,16H,8-9,11-13H2. The normalized spacial score (nSPS) is 15.8. The van der Waals surface area contributed by atoms with E-state index in [2.05, 4.69) is 35.3 Å². The number of pyridine rings is 1. The Morgan fingerprint density at radius 1 is 1.12 bits per heavy atom. The summed E-state index contributed by atoms with van der Waals surface area (Å²) >= 11 is 1.60. The fourth-order valence-electron chi connectivity index (χ4n) is 3.48. The SMILES string of the molecule is O=C(c1csc2cccnc12)N1CCC(Cc2ccccc2)CC1. The van der Waals surface area contributed by atoms with Crippen molar-refractivity contribution < 1.29 is 4.79 Å². The number of likely N-dealkylation sites (tertiary alicyclic amines) is 1. The van der Waals surface area contributed by atoms with Crippen molar-refractivity contribution in [2.75, 3.05) is 13.1 Å². The zero-order chi connectivity index (χ0) is 16.4. The molecule has 4 rings (SSSR count). The van der Waals surface area contributed by atoms with Crippen LogP contribution in [0.5, 0.6) is 0 Å². The highest BCUT2D eigenvalue weighted by atomic mass is 32.1. The van der Waals surface area contributed by atoms with Crippen LogP contribution in [0, 0.1) is 5.92 Å². The molecular formula is C20H20N2OS. The van der Waals surface area contributed by atoms with E-state index in [1.165, 1.54) is 5.56 Å². The van der Waals surface area contributed by atoms with E-state index < -0.39 is 0 Å². The largest absolute Gasteiger partial charge is 0.339 e. The van der Waals surface area contributed by atoms with E-state index in [0.717, 1.165) is 48.1 Å². The summed E-state index contributed by atoms with van der Waals surface area (Å²) in [5.41, 5.74) is 3.01. The number of carbonyl (C=O) groups excluding carboxylic acids is 1. The fraction of sp³-hybridized carbons (Fsp3) is 0.300. The maximum atomic E-state index is 12.8. The summed E-state index contributed by atoms with van der Waals surface area (Å²) in [7, 11) is 0. The molecule has 3 heterocycles. The summed E-state index contributed by atoms with van der Waals surface area (Å²) in [6.07, 6.45) is 5.04. The minimum Gasteiger partial charge on any atom is -0.339 e. The third-order valence-electron chi connectivity index (χ3n) is 4.83. The van der Waals surface area contributed by atoms with E-state index in [9.17, 15) is 4.79 Å². The predicted molar refractivity (Wildman–Crippen MR) is 98.4 cm³/mol. The summed E-state index contributed by atoms with van der Waals surface area (Å²) < 4.78 is 1.08. The van der Waals surface area contributed by atoms with Crippen LogP contribution < -0.4 is 0 Å². The van der Waals surface area contributed by atoms with E-state index in [1.54, 1.807) is 17.5 Å². The highest BCUT2D eigenvalue weighted by molar-refractivity contribution is 7.17.